The Morgan fingerprint density at radius 2 is 2.00 bits per heavy atom. The Bertz CT molecular complexity index is 276. The predicted molar refractivity (Wildman–Crippen MR) is 43.6 cm³/mol. The zero-order chi connectivity index (χ0) is 8.27. The van der Waals surface area contributed by atoms with Crippen molar-refractivity contribution in [1.82, 2.24) is 0 Å². The van der Waals surface area contributed by atoms with Gasteiger partial charge in [-0.2, -0.15) is 0 Å². The minimum absolute atomic E-state index is 0. The number of hydrogen-bond donors (Lipinski definition) is 0. The Hall–Kier alpha value is 0.326. The molecule has 0 amide bonds. The molecule has 0 unspecified atom stereocenters. The van der Waals surface area contributed by atoms with E-state index >= 15 is 0 Å². The Balaban J connectivity index is 0. The maximum absolute atomic E-state index is 11.0. The van der Waals surface area contributed by atoms with Crippen molar-refractivity contribution in [2.45, 2.75) is 6.92 Å². The topological polar surface area (TPSA) is 26.3 Å². The van der Waals surface area contributed by atoms with Gasteiger partial charge in [0.05, 0.1) is 12.7 Å². The van der Waals surface area contributed by atoms with E-state index in [0.29, 0.717) is 5.56 Å². The molecular weight excluding hydrogens is 179 g/mol. The molecule has 3 heteroatoms. The van der Waals surface area contributed by atoms with Crippen molar-refractivity contribution >= 4 is 5.97 Å². The van der Waals surface area contributed by atoms with Crippen LogP contribution in [0.1, 0.15) is 17.3 Å². The fourth-order valence-electron chi connectivity index (χ4n) is 0.912. The zero-order valence-electron chi connectivity index (χ0n) is 8.63. The molecule has 0 spiro atoms. The van der Waals surface area contributed by atoms with Gasteiger partial charge in [-0.1, -0.05) is 18.2 Å². The molecule has 1 rings (SSSR count). The quantitative estimate of drug-likeness (QED) is 0.415. The number of carbonyl (C=O) groups is 1. The maximum atomic E-state index is 11.0. The molecule has 0 heterocycles. The molecule has 0 N–H and O–H groups in total. The second kappa shape index (κ2) is 5.88. The molecule has 1 aromatic carbocycles. The molecule has 0 aromatic heterocycles. The van der Waals surface area contributed by atoms with Crippen LogP contribution in [0.2, 0.25) is 0 Å². The molecule has 0 aliphatic carbocycles. The minimum Gasteiger partial charge on any atom is -1.00 e. The van der Waals surface area contributed by atoms with E-state index < -0.39 is 0 Å². The van der Waals surface area contributed by atoms with Gasteiger partial charge in [0.15, 0.2) is 0 Å². The van der Waals surface area contributed by atoms with Crippen LogP contribution in [0.25, 0.3) is 0 Å². The van der Waals surface area contributed by atoms with Crippen molar-refractivity contribution in [3.05, 3.63) is 35.4 Å². The van der Waals surface area contributed by atoms with Gasteiger partial charge in [-0.05, 0) is 18.6 Å². The van der Waals surface area contributed by atoms with E-state index in [2.05, 4.69) is 4.74 Å². The summed E-state index contributed by atoms with van der Waals surface area (Å²) in [6.07, 6.45) is 0. The Labute approximate surface area is 116 Å². The normalized spacial score (nSPS) is 8.50. The van der Waals surface area contributed by atoms with Crippen molar-refractivity contribution in [1.29, 1.82) is 0 Å². The molecule has 0 saturated heterocycles. The monoisotopic (exact) mass is 190 g/mol. The summed E-state index contributed by atoms with van der Waals surface area (Å²) in [5, 5.41) is 0. The SMILES string of the molecule is COC(=O)c1ccccc1C.[H-].[K+]. The first-order valence-electron chi connectivity index (χ1n) is 3.39. The summed E-state index contributed by atoms with van der Waals surface area (Å²) in [5.41, 5.74) is 1.58. The van der Waals surface area contributed by atoms with Gasteiger partial charge in [0, 0.05) is 0 Å². The summed E-state index contributed by atoms with van der Waals surface area (Å²) >= 11 is 0. The standard InChI is InChI=1S/C9H10O2.K.H/c1-7-5-3-4-6-8(7)9(10)11-2;;/h3-6H,1-2H3;;/q;+1;-1. The van der Waals surface area contributed by atoms with E-state index in [9.17, 15) is 4.79 Å². The van der Waals surface area contributed by atoms with Crippen LogP contribution in [0.5, 0.6) is 0 Å². The van der Waals surface area contributed by atoms with Gasteiger partial charge < -0.3 is 6.16 Å². The Kier molecular flexibility index (Phi) is 6.04. The largest absolute Gasteiger partial charge is 1.00 e. The first-order valence-corrected chi connectivity index (χ1v) is 3.39. The molecule has 0 aliphatic heterocycles. The number of methoxy groups -OCH3 is 1. The summed E-state index contributed by atoms with van der Waals surface area (Å²) in [5.74, 6) is -0.275. The second-order valence-electron chi connectivity index (χ2n) is 2.31. The van der Waals surface area contributed by atoms with Crippen LogP contribution in [-0.2, 0) is 4.74 Å². The third-order valence-corrected chi connectivity index (χ3v) is 1.55. The molecule has 12 heavy (non-hydrogen) atoms. The third kappa shape index (κ3) is 2.99. The van der Waals surface area contributed by atoms with Crippen LogP contribution in [0.15, 0.2) is 24.3 Å². The van der Waals surface area contributed by atoms with Crippen molar-refractivity contribution in [3.63, 3.8) is 0 Å². The number of ether oxygens (including phenoxy) is 1. The van der Waals surface area contributed by atoms with Crippen molar-refractivity contribution in [3.8, 4) is 0 Å². The van der Waals surface area contributed by atoms with E-state index in [1.54, 1.807) is 6.07 Å². The van der Waals surface area contributed by atoms with Gasteiger partial charge in [-0.3, -0.25) is 0 Å². The van der Waals surface area contributed by atoms with Crippen LogP contribution in [0.4, 0.5) is 0 Å². The van der Waals surface area contributed by atoms with E-state index in [0.717, 1.165) is 5.56 Å². The molecule has 0 bridgehead atoms. The zero-order valence-corrected chi connectivity index (χ0v) is 10.7. The van der Waals surface area contributed by atoms with Gasteiger partial charge >= 0.3 is 57.4 Å². The summed E-state index contributed by atoms with van der Waals surface area (Å²) in [6, 6.07) is 7.34. The maximum Gasteiger partial charge on any atom is 1.00 e. The minimum atomic E-state index is -0.275. The molecular formula is C9H11KO2. The Morgan fingerprint density at radius 1 is 1.42 bits per heavy atom. The average molecular weight is 190 g/mol. The number of carbonyl (C=O) groups excluding carboxylic acids is 1. The van der Waals surface area contributed by atoms with Gasteiger partial charge in [0.25, 0.3) is 0 Å². The van der Waals surface area contributed by atoms with Crippen molar-refractivity contribution in [2.75, 3.05) is 7.11 Å². The molecule has 0 radical (unpaired) electrons. The number of hydrogen-bond acceptors (Lipinski definition) is 2. The summed E-state index contributed by atoms with van der Waals surface area (Å²) < 4.78 is 4.58. The van der Waals surface area contributed by atoms with Crippen LogP contribution < -0.4 is 51.4 Å². The van der Waals surface area contributed by atoms with Crippen molar-refractivity contribution in [2.24, 2.45) is 0 Å². The number of benzene rings is 1. The first kappa shape index (κ1) is 12.3. The van der Waals surface area contributed by atoms with E-state index in [4.69, 9.17) is 0 Å². The molecule has 2 nitrogen and oxygen atoms in total. The van der Waals surface area contributed by atoms with E-state index in [1.165, 1.54) is 7.11 Å². The van der Waals surface area contributed by atoms with Gasteiger partial charge in [0.1, 0.15) is 0 Å². The molecule has 0 atom stereocenters. The fourth-order valence-corrected chi connectivity index (χ4v) is 0.912. The van der Waals surface area contributed by atoms with Gasteiger partial charge in [-0.25, -0.2) is 4.79 Å². The van der Waals surface area contributed by atoms with Crippen LogP contribution >= 0.6 is 0 Å². The number of esters is 1. The van der Waals surface area contributed by atoms with Crippen LogP contribution in [0, 0.1) is 6.92 Å². The Morgan fingerprint density at radius 3 is 2.50 bits per heavy atom. The summed E-state index contributed by atoms with van der Waals surface area (Å²) in [4.78, 5) is 11.0. The van der Waals surface area contributed by atoms with Crippen molar-refractivity contribution < 1.29 is 62.3 Å². The van der Waals surface area contributed by atoms with Gasteiger partial charge in [0.2, 0.25) is 0 Å². The van der Waals surface area contributed by atoms with Crippen LogP contribution in [0.3, 0.4) is 0 Å². The van der Waals surface area contributed by atoms with E-state index in [-0.39, 0.29) is 58.8 Å². The second-order valence-corrected chi connectivity index (χ2v) is 2.31. The molecule has 0 saturated carbocycles. The molecule has 0 aliphatic rings. The summed E-state index contributed by atoms with van der Waals surface area (Å²) in [6.45, 7) is 1.88. The molecule has 0 fully saturated rings. The third-order valence-electron chi connectivity index (χ3n) is 1.55. The van der Waals surface area contributed by atoms with Gasteiger partial charge in [-0.15, -0.1) is 0 Å². The molecule has 1 aromatic rings. The average Bonchev–Trinajstić information content (AvgIpc) is 2.04. The number of rotatable bonds is 1. The van der Waals surface area contributed by atoms with E-state index in [1.807, 2.05) is 25.1 Å². The van der Waals surface area contributed by atoms with Crippen LogP contribution in [-0.4, -0.2) is 13.1 Å². The first-order chi connectivity index (χ1) is 5.25. The summed E-state index contributed by atoms with van der Waals surface area (Å²) in [7, 11) is 1.38. The fraction of sp³-hybridized carbons (Fsp3) is 0.222. The molecule has 60 valence electrons. The predicted octanol–water partition coefficient (Wildman–Crippen LogP) is -1.10. The smallest absolute Gasteiger partial charge is 1.00 e. The number of aryl methyl sites for hydroxylation is 1.